The van der Waals surface area contributed by atoms with Gasteiger partial charge in [-0.1, -0.05) is 37.8 Å². The number of nitrogens with two attached hydrogens (primary N) is 1. The van der Waals surface area contributed by atoms with Crippen LogP contribution in [0.5, 0.6) is 0 Å². The number of nitrogens with zero attached hydrogens (tertiary/aromatic N) is 3. The first-order chi connectivity index (χ1) is 9.74. The molecule has 1 unspecified atom stereocenters. The molecular formula is C15H26N4O. The highest BCUT2D eigenvalue weighted by molar-refractivity contribution is 5.33. The number of rotatable bonds is 3. The molecule has 2 aliphatic rings. The summed E-state index contributed by atoms with van der Waals surface area (Å²) in [5, 5.41) is 8.42. The predicted molar refractivity (Wildman–Crippen MR) is 78.5 cm³/mol. The Hall–Kier alpha value is -1.10. The molecule has 1 atom stereocenters. The molecule has 1 spiro atoms. The van der Waals surface area contributed by atoms with E-state index in [2.05, 4.69) is 21.9 Å². The summed E-state index contributed by atoms with van der Waals surface area (Å²) in [6.45, 7) is 3.01. The van der Waals surface area contributed by atoms with E-state index in [9.17, 15) is 0 Å². The van der Waals surface area contributed by atoms with Crippen molar-refractivity contribution in [1.29, 1.82) is 0 Å². The maximum Gasteiger partial charge on any atom is 0.169 e. The zero-order valence-electron chi connectivity index (χ0n) is 12.5. The van der Waals surface area contributed by atoms with Crippen molar-refractivity contribution in [3.63, 3.8) is 0 Å². The second-order valence-electron chi connectivity index (χ2n) is 6.35. The molecule has 1 aromatic heterocycles. The van der Waals surface area contributed by atoms with E-state index >= 15 is 0 Å². The molecule has 1 aliphatic carbocycles. The van der Waals surface area contributed by atoms with Crippen LogP contribution in [0.1, 0.15) is 70.0 Å². The van der Waals surface area contributed by atoms with Gasteiger partial charge >= 0.3 is 0 Å². The molecule has 5 heteroatoms. The van der Waals surface area contributed by atoms with Crippen molar-refractivity contribution < 1.29 is 4.74 Å². The smallest absolute Gasteiger partial charge is 0.169 e. The number of anilines is 1. The van der Waals surface area contributed by atoms with Crippen LogP contribution < -0.4 is 5.73 Å². The summed E-state index contributed by atoms with van der Waals surface area (Å²) in [6.07, 6.45) is 10.5. The average Bonchev–Trinajstić information content (AvgIpc) is 2.82. The van der Waals surface area contributed by atoms with Crippen LogP contribution in [0.15, 0.2) is 0 Å². The van der Waals surface area contributed by atoms with E-state index in [1.165, 1.54) is 32.1 Å². The largest absolute Gasteiger partial charge is 0.381 e. The van der Waals surface area contributed by atoms with Crippen LogP contribution >= 0.6 is 0 Å². The van der Waals surface area contributed by atoms with Gasteiger partial charge in [-0.25, -0.2) is 4.68 Å². The third-order valence-electron chi connectivity index (χ3n) is 4.89. The second kappa shape index (κ2) is 5.72. The Morgan fingerprint density at radius 3 is 2.90 bits per heavy atom. The summed E-state index contributed by atoms with van der Waals surface area (Å²) in [5.74, 6) is 0.607. The number of nitrogen functional groups attached to an aromatic ring is 1. The molecule has 0 bridgehead atoms. The monoisotopic (exact) mass is 278 g/mol. The van der Waals surface area contributed by atoms with Crippen LogP contribution in [0.25, 0.3) is 0 Å². The van der Waals surface area contributed by atoms with Crippen molar-refractivity contribution in [1.82, 2.24) is 15.0 Å². The van der Waals surface area contributed by atoms with Crippen molar-refractivity contribution >= 4 is 5.82 Å². The lowest BCUT2D eigenvalue weighted by Crippen LogP contribution is -2.42. The predicted octanol–water partition coefficient (Wildman–Crippen LogP) is 2.87. The minimum Gasteiger partial charge on any atom is -0.381 e. The van der Waals surface area contributed by atoms with Crippen molar-refractivity contribution in [2.24, 2.45) is 0 Å². The fourth-order valence-corrected chi connectivity index (χ4v) is 3.85. The van der Waals surface area contributed by atoms with E-state index in [-0.39, 0.29) is 5.60 Å². The van der Waals surface area contributed by atoms with E-state index in [4.69, 9.17) is 10.5 Å². The molecule has 0 amide bonds. The van der Waals surface area contributed by atoms with Gasteiger partial charge in [-0.2, -0.15) is 0 Å². The van der Waals surface area contributed by atoms with Gasteiger partial charge in [-0.3, -0.25) is 0 Å². The Bertz CT molecular complexity index is 445. The Balaban J connectivity index is 1.79. The zero-order valence-corrected chi connectivity index (χ0v) is 12.5. The maximum atomic E-state index is 6.17. The van der Waals surface area contributed by atoms with Crippen LogP contribution in [-0.4, -0.2) is 27.2 Å². The Morgan fingerprint density at radius 2 is 2.15 bits per heavy atom. The molecule has 2 heterocycles. The van der Waals surface area contributed by atoms with Gasteiger partial charge in [-0.05, 0) is 32.1 Å². The second-order valence-corrected chi connectivity index (χ2v) is 6.35. The van der Waals surface area contributed by atoms with Crippen molar-refractivity contribution in [3.05, 3.63) is 5.69 Å². The molecule has 2 fully saturated rings. The van der Waals surface area contributed by atoms with Gasteiger partial charge in [-0.15, -0.1) is 5.10 Å². The zero-order chi connectivity index (χ0) is 14.0. The molecule has 112 valence electrons. The average molecular weight is 278 g/mol. The summed E-state index contributed by atoms with van der Waals surface area (Å²) in [6, 6.07) is 0.410. The maximum absolute atomic E-state index is 6.17. The van der Waals surface area contributed by atoms with Crippen LogP contribution in [0, 0.1) is 0 Å². The molecule has 0 radical (unpaired) electrons. The van der Waals surface area contributed by atoms with Crippen LogP contribution in [0.4, 0.5) is 5.82 Å². The highest BCUT2D eigenvalue weighted by Crippen LogP contribution is 2.42. The summed E-state index contributed by atoms with van der Waals surface area (Å²) in [4.78, 5) is 0. The third kappa shape index (κ3) is 2.55. The first kappa shape index (κ1) is 13.9. The van der Waals surface area contributed by atoms with E-state index in [0.29, 0.717) is 11.9 Å². The Morgan fingerprint density at radius 1 is 1.35 bits per heavy atom. The van der Waals surface area contributed by atoms with Gasteiger partial charge in [0.1, 0.15) is 0 Å². The molecule has 1 aliphatic heterocycles. The van der Waals surface area contributed by atoms with Gasteiger partial charge in [0.15, 0.2) is 5.82 Å². The fourth-order valence-electron chi connectivity index (χ4n) is 3.85. The number of ether oxygens (including phenoxy) is 1. The van der Waals surface area contributed by atoms with Crippen molar-refractivity contribution in [2.45, 2.75) is 76.4 Å². The first-order valence-corrected chi connectivity index (χ1v) is 8.07. The van der Waals surface area contributed by atoms with Crippen LogP contribution in [0.2, 0.25) is 0 Å². The van der Waals surface area contributed by atoms with Gasteiger partial charge in [0.2, 0.25) is 0 Å². The molecule has 20 heavy (non-hydrogen) atoms. The lowest BCUT2D eigenvalue weighted by Gasteiger charge is -2.43. The number of hydrogen-bond acceptors (Lipinski definition) is 4. The molecule has 1 saturated heterocycles. The van der Waals surface area contributed by atoms with E-state index in [0.717, 1.165) is 38.0 Å². The van der Waals surface area contributed by atoms with Crippen molar-refractivity contribution in [2.75, 3.05) is 12.3 Å². The Kier molecular flexibility index (Phi) is 3.96. The summed E-state index contributed by atoms with van der Waals surface area (Å²) in [5.41, 5.74) is 7.20. The topological polar surface area (TPSA) is 66.0 Å². The first-order valence-electron chi connectivity index (χ1n) is 8.07. The number of aromatic nitrogens is 3. The Labute approximate surface area is 120 Å². The fraction of sp³-hybridized carbons (Fsp3) is 0.867. The minimum absolute atomic E-state index is 0.103. The lowest BCUT2D eigenvalue weighted by molar-refractivity contribution is -0.116. The summed E-state index contributed by atoms with van der Waals surface area (Å²) in [7, 11) is 0. The van der Waals surface area contributed by atoms with Crippen molar-refractivity contribution in [3.8, 4) is 0 Å². The van der Waals surface area contributed by atoms with E-state index < -0.39 is 0 Å². The third-order valence-corrected chi connectivity index (χ3v) is 4.89. The highest BCUT2D eigenvalue weighted by atomic mass is 16.5. The highest BCUT2D eigenvalue weighted by Gasteiger charge is 2.39. The van der Waals surface area contributed by atoms with Crippen LogP contribution in [0.3, 0.4) is 0 Å². The minimum atomic E-state index is 0.103. The van der Waals surface area contributed by atoms with Crippen LogP contribution in [-0.2, 0) is 11.2 Å². The molecule has 5 nitrogen and oxygen atoms in total. The standard InChI is InChI=1S/C15H26N4O/c1-2-6-13-14(16)17-18-19(13)12-7-10-20-15(11-12)8-4-3-5-9-15/h12H,2-11,16H2,1H3. The van der Waals surface area contributed by atoms with Gasteiger partial charge in [0.25, 0.3) is 0 Å². The molecule has 2 N–H and O–H groups in total. The van der Waals surface area contributed by atoms with E-state index in [1.54, 1.807) is 0 Å². The van der Waals surface area contributed by atoms with Gasteiger partial charge < -0.3 is 10.5 Å². The normalized spacial score (nSPS) is 25.9. The molecule has 1 saturated carbocycles. The summed E-state index contributed by atoms with van der Waals surface area (Å²) < 4.78 is 8.27. The summed E-state index contributed by atoms with van der Waals surface area (Å²) >= 11 is 0. The van der Waals surface area contributed by atoms with E-state index in [1.807, 2.05) is 0 Å². The number of hydrogen-bond donors (Lipinski definition) is 1. The molecule has 3 rings (SSSR count). The molecular weight excluding hydrogens is 252 g/mol. The molecule has 1 aromatic rings. The lowest BCUT2D eigenvalue weighted by atomic mass is 9.78. The van der Waals surface area contributed by atoms with Gasteiger partial charge in [0, 0.05) is 6.61 Å². The quantitative estimate of drug-likeness (QED) is 0.923. The molecule has 0 aromatic carbocycles. The van der Waals surface area contributed by atoms with Gasteiger partial charge in [0.05, 0.1) is 17.3 Å². The SMILES string of the molecule is CCCc1c(N)nnn1C1CCOC2(CCCCC2)C1.